The molecule has 0 fully saturated rings. The highest BCUT2D eigenvalue weighted by Gasteiger charge is 2.19. The highest BCUT2D eigenvalue weighted by molar-refractivity contribution is 5.65. The standard InChI is InChI=1S/C21H21N5/c1-16(18-11-6-7-12-22-18)25(2)15-19-20(17-9-4-3-5-10-17)24-21-23-13-8-14-26(19)21/h3-14,16H,15H2,1-2H3. The molecule has 0 aliphatic carbocycles. The minimum absolute atomic E-state index is 0.196. The topological polar surface area (TPSA) is 46.3 Å². The number of rotatable bonds is 5. The van der Waals surface area contributed by atoms with Gasteiger partial charge in [0, 0.05) is 36.7 Å². The Balaban J connectivity index is 1.73. The molecule has 5 heteroatoms. The van der Waals surface area contributed by atoms with Gasteiger partial charge >= 0.3 is 0 Å². The van der Waals surface area contributed by atoms with E-state index in [1.165, 1.54) is 0 Å². The Kier molecular flexibility index (Phi) is 4.46. The van der Waals surface area contributed by atoms with Gasteiger partial charge in [-0.05, 0) is 32.2 Å². The lowest BCUT2D eigenvalue weighted by Gasteiger charge is -2.24. The quantitative estimate of drug-likeness (QED) is 0.550. The Morgan fingerprint density at radius 2 is 1.73 bits per heavy atom. The van der Waals surface area contributed by atoms with Gasteiger partial charge in [0.05, 0.1) is 17.1 Å². The molecule has 0 amide bonds. The van der Waals surface area contributed by atoms with Gasteiger partial charge < -0.3 is 0 Å². The summed E-state index contributed by atoms with van der Waals surface area (Å²) in [4.78, 5) is 16.0. The van der Waals surface area contributed by atoms with E-state index in [9.17, 15) is 0 Å². The first-order valence-corrected chi connectivity index (χ1v) is 8.72. The van der Waals surface area contributed by atoms with Crippen LogP contribution < -0.4 is 0 Å². The Labute approximate surface area is 153 Å². The summed E-state index contributed by atoms with van der Waals surface area (Å²) in [5.41, 5.74) is 4.27. The van der Waals surface area contributed by atoms with Crippen molar-refractivity contribution in [2.45, 2.75) is 19.5 Å². The van der Waals surface area contributed by atoms with Gasteiger partial charge in [0.1, 0.15) is 0 Å². The summed E-state index contributed by atoms with van der Waals surface area (Å²) < 4.78 is 2.07. The Morgan fingerprint density at radius 1 is 0.962 bits per heavy atom. The summed E-state index contributed by atoms with van der Waals surface area (Å²) in [6.45, 7) is 2.92. The molecule has 1 atom stereocenters. The number of hydrogen-bond donors (Lipinski definition) is 0. The van der Waals surface area contributed by atoms with Gasteiger partial charge in [0.2, 0.25) is 5.78 Å². The zero-order valence-corrected chi connectivity index (χ0v) is 14.9. The van der Waals surface area contributed by atoms with E-state index >= 15 is 0 Å². The second kappa shape index (κ2) is 7.06. The van der Waals surface area contributed by atoms with Crippen molar-refractivity contribution in [1.29, 1.82) is 0 Å². The summed E-state index contributed by atoms with van der Waals surface area (Å²) in [6.07, 6.45) is 5.64. The maximum absolute atomic E-state index is 4.78. The van der Waals surface area contributed by atoms with E-state index in [0.717, 1.165) is 35.0 Å². The molecule has 5 nitrogen and oxygen atoms in total. The average Bonchev–Trinajstić information content (AvgIpc) is 3.07. The van der Waals surface area contributed by atoms with Gasteiger partial charge in [0.25, 0.3) is 0 Å². The Morgan fingerprint density at radius 3 is 2.50 bits per heavy atom. The van der Waals surface area contributed by atoms with Gasteiger partial charge in [-0.3, -0.25) is 14.3 Å². The van der Waals surface area contributed by atoms with Crippen molar-refractivity contribution in [1.82, 2.24) is 24.3 Å². The predicted molar refractivity (Wildman–Crippen MR) is 103 cm³/mol. The van der Waals surface area contributed by atoms with E-state index in [-0.39, 0.29) is 6.04 Å². The summed E-state index contributed by atoms with van der Waals surface area (Å²) in [6, 6.07) is 18.5. The van der Waals surface area contributed by atoms with Crippen molar-refractivity contribution in [3.63, 3.8) is 0 Å². The summed E-state index contributed by atoms with van der Waals surface area (Å²) in [5, 5.41) is 0. The molecule has 0 aliphatic rings. The fourth-order valence-electron chi connectivity index (χ4n) is 3.14. The van der Waals surface area contributed by atoms with Crippen LogP contribution in [0.25, 0.3) is 17.0 Å². The zero-order valence-electron chi connectivity index (χ0n) is 14.9. The monoisotopic (exact) mass is 343 g/mol. The molecule has 4 aromatic rings. The number of nitrogens with zero attached hydrogens (tertiary/aromatic N) is 5. The summed E-state index contributed by atoms with van der Waals surface area (Å²) in [5.74, 6) is 0.722. The third-order valence-corrected chi connectivity index (χ3v) is 4.73. The Hall–Kier alpha value is -3.05. The predicted octanol–water partition coefficient (Wildman–Crippen LogP) is 3.98. The van der Waals surface area contributed by atoms with Crippen molar-refractivity contribution in [2.75, 3.05) is 7.05 Å². The maximum atomic E-state index is 4.78. The summed E-state index contributed by atoms with van der Waals surface area (Å²) in [7, 11) is 2.11. The molecular formula is C21H21N5. The normalized spacial score (nSPS) is 12.6. The van der Waals surface area contributed by atoms with E-state index < -0.39 is 0 Å². The molecule has 0 aliphatic heterocycles. The highest BCUT2D eigenvalue weighted by Crippen LogP contribution is 2.27. The molecular weight excluding hydrogens is 322 g/mol. The number of fused-ring (bicyclic) bond motifs is 1. The van der Waals surface area contributed by atoms with Gasteiger partial charge in [-0.25, -0.2) is 9.97 Å². The van der Waals surface area contributed by atoms with Crippen molar-refractivity contribution >= 4 is 5.78 Å². The second-order valence-corrected chi connectivity index (χ2v) is 6.41. The third-order valence-electron chi connectivity index (χ3n) is 4.73. The van der Waals surface area contributed by atoms with Crippen molar-refractivity contribution in [2.24, 2.45) is 0 Å². The first-order chi connectivity index (χ1) is 12.7. The third kappa shape index (κ3) is 3.09. The molecule has 1 unspecified atom stereocenters. The largest absolute Gasteiger partial charge is 0.292 e. The lowest BCUT2D eigenvalue weighted by molar-refractivity contribution is 0.245. The van der Waals surface area contributed by atoms with E-state index in [0.29, 0.717) is 0 Å². The molecule has 1 aromatic carbocycles. The number of hydrogen-bond acceptors (Lipinski definition) is 4. The molecule has 0 radical (unpaired) electrons. The number of imidazole rings is 1. The van der Waals surface area contributed by atoms with Crippen LogP contribution in [0.1, 0.15) is 24.4 Å². The van der Waals surface area contributed by atoms with Crippen molar-refractivity contribution < 1.29 is 0 Å². The molecule has 0 N–H and O–H groups in total. The number of benzene rings is 1. The lowest BCUT2D eigenvalue weighted by Crippen LogP contribution is -2.23. The highest BCUT2D eigenvalue weighted by atomic mass is 15.2. The van der Waals surface area contributed by atoms with Gasteiger partial charge in [-0.15, -0.1) is 0 Å². The maximum Gasteiger partial charge on any atom is 0.234 e. The molecule has 0 saturated carbocycles. The van der Waals surface area contributed by atoms with E-state index in [1.54, 1.807) is 6.20 Å². The molecule has 0 saturated heterocycles. The fourth-order valence-corrected chi connectivity index (χ4v) is 3.14. The van der Waals surface area contributed by atoms with E-state index in [2.05, 4.69) is 51.4 Å². The van der Waals surface area contributed by atoms with Crippen LogP contribution in [0.2, 0.25) is 0 Å². The van der Waals surface area contributed by atoms with E-state index in [4.69, 9.17) is 4.98 Å². The average molecular weight is 343 g/mol. The minimum Gasteiger partial charge on any atom is -0.292 e. The van der Waals surface area contributed by atoms with Crippen LogP contribution in [0.3, 0.4) is 0 Å². The second-order valence-electron chi connectivity index (χ2n) is 6.41. The first kappa shape index (κ1) is 16.4. The molecule has 0 bridgehead atoms. The van der Waals surface area contributed by atoms with Gasteiger partial charge in [0.15, 0.2) is 0 Å². The molecule has 3 aromatic heterocycles. The SMILES string of the molecule is CC(c1ccccn1)N(C)Cc1c(-c2ccccc2)nc2ncccn12. The van der Waals surface area contributed by atoms with Crippen molar-refractivity contribution in [3.05, 3.63) is 84.6 Å². The lowest BCUT2D eigenvalue weighted by atomic mass is 10.1. The summed E-state index contributed by atoms with van der Waals surface area (Å²) >= 11 is 0. The van der Waals surface area contributed by atoms with Crippen LogP contribution in [-0.4, -0.2) is 31.3 Å². The molecule has 3 heterocycles. The van der Waals surface area contributed by atoms with Crippen LogP contribution in [0.5, 0.6) is 0 Å². The van der Waals surface area contributed by atoms with E-state index in [1.807, 2.05) is 48.8 Å². The molecule has 130 valence electrons. The molecule has 26 heavy (non-hydrogen) atoms. The van der Waals surface area contributed by atoms with Crippen LogP contribution in [0.15, 0.2) is 73.2 Å². The minimum atomic E-state index is 0.196. The Bertz CT molecular complexity index is 995. The van der Waals surface area contributed by atoms with Crippen LogP contribution in [0, 0.1) is 0 Å². The van der Waals surface area contributed by atoms with Crippen LogP contribution in [-0.2, 0) is 6.54 Å². The molecule has 4 rings (SSSR count). The number of aromatic nitrogens is 4. The fraction of sp³-hybridized carbons (Fsp3) is 0.190. The van der Waals surface area contributed by atoms with Crippen molar-refractivity contribution in [3.8, 4) is 11.3 Å². The van der Waals surface area contributed by atoms with Gasteiger partial charge in [-0.2, -0.15) is 0 Å². The van der Waals surface area contributed by atoms with Crippen LogP contribution >= 0.6 is 0 Å². The zero-order chi connectivity index (χ0) is 17.9. The first-order valence-electron chi connectivity index (χ1n) is 8.72. The van der Waals surface area contributed by atoms with Crippen LogP contribution in [0.4, 0.5) is 0 Å². The smallest absolute Gasteiger partial charge is 0.234 e. The molecule has 0 spiro atoms. The van der Waals surface area contributed by atoms with Gasteiger partial charge in [-0.1, -0.05) is 36.4 Å². The number of pyridine rings is 1.